The standard InChI is InChI=1S/C13H14N2O4S2/c1-10-2-4-11(5-3-10)21(18,19)14-12(16)8-15-6-7-20-9-13(15)17/h2-7H,8-9H2,1H3,(H,14,16). The third-order valence-electron chi connectivity index (χ3n) is 2.76. The van der Waals surface area contributed by atoms with Crippen LogP contribution in [0.25, 0.3) is 0 Å². The number of amides is 2. The number of benzene rings is 1. The van der Waals surface area contributed by atoms with Crippen LogP contribution in [0.4, 0.5) is 0 Å². The summed E-state index contributed by atoms with van der Waals surface area (Å²) in [6, 6.07) is 6.14. The van der Waals surface area contributed by atoms with E-state index in [1.807, 2.05) is 11.6 Å². The molecule has 0 saturated heterocycles. The maximum absolute atomic E-state index is 12.0. The molecule has 6 nitrogen and oxygen atoms in total. The summed E-state index contributed by atoms with van der Waals surface area (Å²) in [4.78, 5) is 24.5. The Balaban J connectivity index is 2.04. The van der Waals surface area contributed by atoms with Crippen molar-refractivity contribution in [2.45, 2.75) is 11.8 Å². The van der Waals surface area contributed by atoms with Gasteiger partial charge in [0.25, 0.3) is 15.9 Å². The maximum Gasteiger partial charge on any atom is 0.264 e. The molecule has 0 spiro atoms. The zero-order valence-electron chi connectivity index (χ0n) is 11.3. The van der Waals surface area contributed by atoms with E-state index in [1.165, 1.54) is 35.0 Å². The van der Waals surface area contributed by atoms with Gasteiger partial charge in [0.15, 0.2) is 0 Å². The van der Waals surface area contributed by atoms with Crippen molar-refractivity contribution >= 4 is 33.6 Å². The van der Waals surface area contributed by atoms with Crippen LogP contribution in [0.1, 0.15) is 5.56 Å². The Morgan fingerprint density at radius 1 is 1.33 bits per heavy atom. The van der Waals surface area contributed by atoms with E-state index in [2.05, 4.69) is 0 Å². The SMILES string of the molecule is Cc1ccc(S(=O)(=O)NC(=O)CN2C=CSCC2=O)cc1. The van der Waals surface area contributed by atoms with Crippen molar-refractivity contribution < 1.29 is 18.0 Å². The Bertz CT molecular complexity index is 681. The largest absolute Gasteiger partial charge is 0.308 e. The van der Waals surface area contributed by atoms with E-state index >= 15 is 0 Å². The predicted octanol–water partition coefficient (Wildman–Crippen LogP) is 0.847. The highest BCUT2D eigenvalue weighted by Crippen LogP contribution is 2.13. The van der Waals surface area contributed by atoms with Gasteiger partial charge in [0, 0.05) is 6.20 Å². The third kappa shape index (κ3) is 4.08. The van der Waals surface area contributed by atoms with Crippen molar-refractivity contribution in [2.75, 3.05) is 12.3 Å². The molecule has 0 radical (unpaired) electrons. The summed E-state index contributed by atoms with van der Waals surface area (Å²) in [6.07, 6.45) is 1.47. The number of hydrogen-bond acceptors (Lipinski definition) is 5. The van der Waals surface area contributed by atoms with Crippen molar-refractivity contribution in [3.63, 3.8) is 0 Å². The van der Waals surface area contributed by atoms with Crippen molar-refractivity contribution in [1.29, 1.82) is 0 Å². The minimum Gasteiger partial charge on any atom is -0.308 e. The Hall–Kier alpha value is -1.80. The average molecular weight is 326 g/mol. The van der Waals surface area contributed by atoms with Crippen LogP contribution in [0.2, 0.25) is 0 Å². The second-order valence-corrected chi connectivity index (χ2v) is 7.04. The van der Waals surface area contributed by atoms with Crippen LogP contribution < -0.4 is 4.72 Å². The van der Waals surface area contributed by atoms with Crippen LogP contribution in [0.15, 0.2) is 40.8 Å². The number of carbonyl (C=O) groups excluding carboxylic acids is 2. The third-order valence-corrected chi connectivity index (χ3v) is 4.87. The average Bonchev–Trinajstić information content (AvgIpc) is 2.41. The first kappa shape index (κ1) is 15.6. The molecule has 0 fully saturated rings. The Morgan fingerprint density at radius 2 is 2.00 bits per heavy atom. The number of rotatable bonds is 4. The number of thioether (sulfide) groups is 1. The minimum absolute atomic E-state index is 0.0116. The first-order valence-electron chi connectivity index (χ1n) is 6.08. The monoisotopic (exact) mass is 326 g/mol. The number of nitrogens with one attached hydrogen (secondary N) is 1. The Kier molecular flexibility index (Phi) is 4.69. The summed E-state index contributed by atoms with van der Waals surface area (Å²) in [7, 11) is -3.91. The molecule has 112 valence electrons. The molecule has 1 aliphatic heterocycles. The molecule has 1 aromatic rings. The van der Waals surface area contributed by atoms with Crippen LogP contribution in [0, 0.1) is 6.92 Å². The molecule has 2 amide bonds. The molecule has 2 rings (SSSR count). The molecule has 0 bridgehead atoms. The van der Waals surface area contributed by atoms with Gasteiger partial charge in [0.1, 0.15) is 6.54 Å². The maximum atomic E-state index is 12.0. The molecule has 1 aliphatic rings. The van der Waals surface area contributed by atoms with E-state index in [0.29, 0.717) is 0 Å². The van der Waals surface area contributed by atoms with Crippen LogP contribution in [0.5, 0.6) is 0 Å². The second kappa shape index (κ2) is 6.31. The van der Waals surface area contributed by atoms with Gasteiger partial charge in [-0.25, -0.2) is 13.1 Å². The van der Waals surface area contributed by atoms with Gasteiger partial charge in [0.2, 0.25) is 5.91 Å². The van der Waals surface area contributed by atoms with Gasteiger partial charge in [-0.3, -0.25) is 9.59 Å². The van der Waals surface area contributed by atoms with E-state index in [9.17, 15) is 18.0 Å². The highest BCUT2D eigenvalue weighted by Gasteiger charge is 2.22. The fourth-order valence-electron chi connectivity index (χ4n) is 1.66. The number of sulfonamides is 1. The Labute approximate surface area is 127 Å². The van der Waals surface area contributed by atoms with Crippen LogP contribution in [-0.2, 0) is 19.6 Å². The lowest BCUT2D eigenvalue weighted by Gasteiger charge is -2.20. The lowest BCUT2D eigenvalue weighted by molar-refractivity contribution is -0.131. The van der Waals surface area contributed by atoms with Gasteiger partial charge in [-0.05, 0) is 24.5 Å². The fourth-order valence-corrected chi connectivity index (χ4v) is 3.27. The molecule has 1 heterocycles. The molecule has 8 heteroatoms. The van der Waals surface area contributed by atoms with E-state index < -0.39 is 15.9 Å². The summed E-state index contributed by atoms with van der Waals surface area (Å²) >= 11 is 1.32. The summed E-state index contributed by atoms with van der Waals surface area (Å²) in [5.41, 5.74) is 0.918. The normalized spacial score (nSPS) is 15.1. The molecule has 1 N–H and O–H groups in total. The Morgan fingerprint density at radius 3 is 2.62 bits per heavy atom. The van der Waals surface area contributed by atoms with Gasteiger partial charge >= 0.3 is 0 Å². The van der Waals surface area contributed by atoms with Crippen molar-refractivity contribution in [2.24, 2.45) is 0 Å². The van der Waals surface area contributed by atoms with E-state index in [4.69, 9.17) is 0 Å². The number of nitrogens with zero attached hydrogens (tertiary/aromatic N) is 1. The molecule has 0 atom stereocenters. The lowest BCUT2D eigenvalue weighted by atomic mass is 10.2. The quantitative estimate of drug-likeness (QED) is 0.887. The topological polar surface area (TPSA) is 83.6 Å². The first-order valence-corrected chi connectivity index (χ1v) is 8.62. The summed E-state index contributed by atoms with van der Waals surface area (Å²) in [6.45, 7) is 1.52. The van der Waals surface area contributed by atoms with Gasteiger partial charge in [-0.15, -0.1) is 11.8 Å². The van der Waals surface area contributed by atoms with Crippen molar-refractivity contribution in [3.05, 3.63) is 41.4 Å². The van der Waals surface area contributed by atoms with E-state index in [0.717, 1.165) is 5.56 Å². The predicted molar refractivity (Wildman–Crippen MR) is 79.8 cm³/mol. The smallest absolute Gasteiger partial charge is 0.264 e. The molecule has 0 unspecified atom stereocenters. The zero-order chi connectivity index (χ0) is 15.5. The summed E-state index contributed by atoms with van der Waals surface area (Å²) in [5.74, 6) is -0.736. The number of aryl methyl sites for hydroxylation is 1. The minimum atomic E-state index is -3.91. The lowest BCUT2D eigenvalue weighted by Crippen LogP contribution is -2.41. The highest BCUT2D eigenvalue weighted by atomic mass is 32.2. The molecular formula is C13H14N2O4S2. The van der Waals surface area contributed by atoms with Crippen LogP contribution in [0.3, 0.4) is 0 Å². The molecule has 21 heavy (non-hydrogen) atoms. The number of hydrogen-bond donors (Lipinski definition) is 1. The van der Waals surface area contributed by atoms with E-state index in [1.54, 1.807) is 17.5 Å². The summed E-state index contributed by atoms with van der Waals surface area (Å²) in [5, 5.41) is 1.68. The zero-order valence-corrected chi connectivity index (χ0v) is 12.9. The molecule has 1 aromatic carbocycles. The van der Waals surface area contributed by atoms with Gasteiger partial charge < -0.3 is 4.90 Å². The van der Waals surface area contributed by atoms with Crippen molar-refractivity contribution in [3.8, 4) is 0 Å². The molecular weight excluding hydrogens is 312 g/mol. The first-order chi connectivity index (χ1) is 9.88. The van der Waals surface area contributed by atoms with Crippen LogP contribution in [-0.4, -0.2) is 37.4 Å². The van der Waals surface area contributed by atoms with Crippen molar-refractivity contribution in [1.82, 2.24) is 9.62 Å². The van der Waals surface area contributed by atoms with E-state index in [-0.39, 0.29) is 23.1 Å². The van der Waals surface area contributed by atoms with Gasteiger partial charge in [-0.1, -0.05) is 17.7 Å². The molecule has 0 aromatic heterocycles. The molecule has 0 aliphatic carbocycles. The second-order valence-electron chi connectivity index (χ2n) is 4.46. The van der Waals surface area contributed by atoms with Gasteiger partial charge in [-0.2, -0.15) is 0 Å². The summed E-state index contributed by atoms with van der Waals surface area (Å²) < 4.78 is 26.0. The number of carbonyl (C=O) groups is 2. The van der Waals surface area contributed by atoms with Gasteiger partial charge in [0.05, 0.1) is 10.6 Å². The highest BCUT2D eigenvalue weighted by molar-refractivity contribution is 8.02. The fraction of sp³-hybridized carbons (Fsp3) is 0.231. The molecule has 0 saturated carbocycles. The van der Waals surface area contributed by atoms with Crippen LogP contribution >= 0.6 is 11.8 Å².